The van der Waals surface area contributed by atoms with Crippen molar-refractivity contribution in [3.8, 4) is 22.7 Å². The van der Waals surface area contributed by atoms with Gasteiger partial charge in [-0.2, -0.15) is 0 Å². The Morgan fingerprint density at radius 3 is 2.71 bits per heavy atom. The van der Waals surface area contributed by atoms with Gasteiger partial charge in [-0.15, -0.1) is 21.5 Å². The van der Waals surface area contributed by atoms with E-state index in [9.17, 15) is 4.79 Å². The van der Waals surface area contributed by atoms with E-state index in [0.717, 1.165) is 21.3 Å². The molecule has 6 nitrogen and oxygen atoms in total. The third-order valence-electron chi connectivity index (χ3n) is 3.92. The highest BCUT2D eigenvalue weighted by molar-refractivity contribution is 9.10. The smallest absolute Gasteiger partial charge is 0.247 e. The molecule has 0 spiro atoms. The molecule has 28 heavy (non-hydrogen) atoms. The zero-order valence-corrected chi connectivity index (χ0v) is 17.0. The molecule has 0 radical (unpaired) electrons. The van der Waals surface area contributed by atoms with Crippen molar-refractivity contribution in [3.63, 3.8) is 0 Å². The van der Waals surface area contributed by atoms with Gasteiger partial charge in [0.2, 0.25) is 17.7 Å². The molecule has 1 amide bonds. The fourth-order valence-corrected chi connectivity index (χ4v) is 3.70. The molecule has 4 rings (SSSR count). The standard InChI is InChI=1S/C20H15BrN4O2S/c21-15-8-4-7-14(11-15)16-12-28-20(22-16)23-17(26)9-10-18-24-25-19(27-18)13-5-2-1-3-6-13/h1-8,11-12H,9-10H2,(H,22,23,26). The van der Waals surface area contributed by atoms with Gasteiger partial charge < -0.3 is 9.73 Å². The maximum absolute atomic E-state index is 12.2. The van der Waals surface area contributed by atoms with Crippen LogP contribution in [0.5, 0.6) is 0 Å². The first kappa shape index (κ1) is 18.5. The fraction of sp³-hybridized carbons (Fsp3) is 0.100. The van der Waals surface area contributed by atoms with Crippen molar-refractivity contribution in [1.29, 1.82) is 0 Å². The summed E-state index contributed by atoms with van der Waals surface area (Å²) in [6, 6.07) is 17.4. The highest BCUT2D eigenvalue weighted by Gasteiger charge is 2.12. The van der Waals surface area contributed by atoms with Crippen molar-refractivity contribution in [2.75, 3.05) is 5.32 Å². The van der Waals surface area contributed by atoms with Gasteiger partial charge >= 0.3 is 0 Å². The van der Waals surface area contributed by atoms with Crippen molar-refractivity contribution in [2.24, 2.45) is 0 Å². The van der Waals surface area contributed by atoms with Gasteiger partial charge in [-0.1, -0.05) is 46.3 Å². The molecule has 0 unspecified atom stereocenters. The van der Waals surface area contributed by atoms with Crippen LogP contribution in [0.25, 0.3) is 22.7 Å². The second kappa shape index (κ2) is 8.45. The summed E-state index contributed by atoms with van der Waals surface area (Å²) in [4.78, 5) is 16.7. The summed E-state index contributed by atoms with van der Waals surface area (Å²) in [6.07, 6.45) is 0.609. The minimum atomic E-state index is -0.144. The monoisotopic (exact) mass is 454 g/mol. The number of carbonyl (C=O) groups excluding carboxylic acids is 1. The molecule has 0 aliphatic carbocycles. The van der Waals surface area contributed by atoms with E-state index >= 15 is 0 Å². The molecular weight excluding hydrogens is 440 g/mol. The molecule has 0 atom stereocenters. The first-order valence-electron chi connectivity index (χ1n) is 8.56. The lowest BCUT2D eigenvalue weighted by atomic mass is 10.2. The Labute approximate surface area is 173 Å². The van der Waals surface area contributed by atoms with Crippen LogP contribution in [0.2, 0.25) is 0 Å². The predicted molar refractivity (Wildman–Crippen MR) is 112 cm³/mol. The molecule has 4 aromatic rings. The van der Waals surface area contributed by atoms with Crippen molar-refractivity contribution >= 4 is 38.3 Å². The summed E-state index contributed by atoms with van der Waals surface area (Å²) in [5.74, 6) is 0.743. The van der Waals surface area contributed by atoms with Crippen LogP contribution in [-0.2, 0) is 11.2 Å². The molecule has 0 fully saturated rings. The summed E-state index contributed by atoms with van der Waals surface area (Å²) in [5.41, 5.74) is 2.67. The average Bonchev–Trinajstić information content (AvgIpc) is 3.37. The molecule has 0 bridgehead atoms. The molecule has 8 heteroatoms. The zero-order chi connectivity index (χ0) is 19.3. The number of hydrogen-bond donors (Lipinski definition) is 1. The minimum absolute atomic E-state index is 0.144. The van der Waals surface area contributed by atoms with E-state index in [0.29, 0.717) is 23.3 Å². The first-order chi connectivity index (χ1) is 13.7. The summed E-state index contributed by atoms with van der Waals surface area (Å²) in [7, 11) is 0. The van der Waals surface area contributed by atoms with Crippen LogP contribution in [0.1, 0.15) is 12.3 Å². The van der Waals surface area contributed by atoms with Crippen LogP contribution >= 0.6 is 27.3 Å². The van der Waals surface area contributed by atoms with Gasteiger partial charge in [0.05, 0.1) is 5.69 Å². The van der Waals surface area contributed by atoms with Crippen molar-refractivity contribution in [1.82, 2.24) is 15.2 Å². The first-order valence-corrected chi connectivity index (χ1v) is 10.2. The maximum Gasteiger partial charge on any atom is 0.247 e. The molecule has 2 aromatic heterocycles. The maximum atomic E-state index is 12.2. The van der Waals surface area contributed by atoms with Gasteiger partial charge in [0.25, 0.3) is 0 Å². The third kappa shape index (κ3) is 4.52. The van der Waals surface area contributed by atoms with Gasteiger partial charge in [0, 0.05) is 33.8 Å². The quantitative estimate of drug-likeness (QED) is 0.433. The number of aryl methyl sites for hydroxylation is 1. The molecule has 0 aliphatic heterocycles. The van der Waals surface area contributed by atoms with Gasteiger partial charge in [-0.3, -0.25) is 4.79 Å². The Kier molecular flexibility index (Phi) is 5.59. The second-order valence-corrected chi connectivity index (χ2v) is 7.74. The predicted octanol–water partition coefficient (Wildman–Crippen LogP) is 5.19. The zero-order valence-electron chi connectivity index (χ0n) is 14.6. The Hall–Kier alpha value is -2.84. The van der Waals surface area contributed by atoms with Crippen LogP contribution in [0.3, 0.4) is 0 Å². The third-order valence-corrected chi connectivity index (χ3v) is 5.18. The van der Waals surface area contributed by atoms with E-state index in [1.807, 2.05) is 60.0 Å². The fourth-order valence-electron chi connectivity index (χ4n) is 2.57. The van der Waals surface area contributed by atoms with E-state index in [4.69, 9.17) is 4.42 Å². The Balaban J connectivity index is 1.34. The van der Waals surface area contributed by atoms with Crippen molar-refractivity contribution in [3.05, 3.63) is 70.3 Å². The van der Waals surface area contributed by atoms with Gasteiger partial charge in [-0.25, -0.2) is 4.98 Å². The minimum Gasteiger partial charge on any atom is -0.421 e. The average molecular weight is 455 g/mol. The molecule has 0 saturated heterocycles. The van der Waals surface area contributed by atoms with Crippen LogP contribution in [0.15, 0.2) is 68.9 Å². The highest BCUT2D eigenvalue weighted by Crippen LogP contribution is 2.27. The summed E-state index contributed by atoms with van der Waals surface area (Å²) in [6.45, 7) is 0. The molecule has 0 saturated carbocycles. The lowest BCUT2D eigenvalue weighted by Crippen LogP contribution is -2.12. The Bertz CT molecular complexity index is 1090. The highest BCUT2D eigenvalue weighted by atomic mass is 79.9. The van der Waals surface area contributed by atoms with E-state index < -0.39 is 0 Å². The SMILES string of the molecule is O=C(CCc1nnc(-c2ccccc2)o1)Nc1nc(-c2cccc(Br)c2)cs1. The number of rotatable bonds is 6. The molecular formula is C20H15BrN4O2S. The molecule has 2 heterocycles. The Morgan fingerprint density at radius 1 is 1.07 bits per heavy atom. The van der Waals surface area contributed by atoms with E-state index in [1.165, 1.54) is 11.3 Å². The number of benzene rings is 2. The summed E-state index contributed by atoms with van der Waals surface area (Å²) in [5, 5.41) is 13.3. The number of hydrogen-bond acceptors (Lipinski definition) is 6. The topological polar surface area (TPSA) is 80.9 Å². The number of anilines is 1. The van der Waals surface area contributed by atoms with Crippen molar-refractivity contribution < 1.29 is 9.21 Å². The number of amides is 1. The summed E-state index contributed by atoms with van der Waals surface area (Å²) >= 11 is 4.84. The molecule has 140 valence electrons. The molecule has 0 aliphatic rings. The number of halogens is 1. The Morgan fingerprint density at radius 2 is 1.89 bits per heavy atom. The number of carbonyl (C=O) groups is 1. The number of nitrogens with one attached hydrogen (secondary N) is 1. The second-order valence-electron chi connectivity index (χ2n) is 5.96. The van der Waals surface area contributed by atoms with Crippen LogP contribution in [0.4, 0.5) is 5.13 Å². The lowest BCUT2D eigenvalue weighted by molar-refractivity contribution is -0.116. The van der Waals surface area contributed by atoms with Crippen molar-refractivity contribution in [2.45, 2.75) is 12.8 Å². The molecule has 2 aromatic carbocycles. The number of aromatic nitrogens is 3. The van der Waals surface area contributed by atoms with Gasteiger partial charge in [0.1, 0.15) is 0 Å². The van der Waals surface area contributed by atoms with Gasteiger partial charge in [0.15, 0.2) is 5.13 Å². The lowest BCUT2D eigenvalue weighted by Gasteiger charge is -2.00. The molecule has 1 N–H and O–H groups in total. The van der Waals surface area contributed by atoms with E-state index in [1.54, 1.807) is 0 Å². The van der Waals surface area contributed by atoms with Crippen LogP contribution < -0.4 is 5.32 Å². The van der Waals surface area contributed by atoms with Gasteiger partial charge in [-0.05, 0) is 24.3 Å². The van der Waals surface area contributed by atoms with E-state index in [2.05, 4.69) is 36.4 Å². The van der Waals surface area contributed by atoms with Crippen LogP contribution in [0, 0.1) is 0 Å². The van der Waals surface area contributed by atoms with Crippen LogP contribution in [-0.4, -0.2) is 21.1 Å². The largest absolute Gasteiger partial charge is 0.421 e. The summed E-state index contributed by atoms with van der Waals surface area (Å²) < 4.78 is 6.61. The normalized spacial score (nSPS) is 10.8. The van der Waals surface area contributed by atoms with E-state index in [-0.39, 0.29) is 12.3 Å². The number of nitrogens with zero attached hydrogens (tertiary/aromatic N) is 3. The number of thiazole rings is 1.